The molecule has 2 aromatic rings. The Labute approximate surface area is 143 Å². The van der Waals surface area contributed by atoms with Crippen LogP contribution in [0, 0.1) is 5.92 Å². The van der Waals surface area contributed by atoms with Crippen molar-refractivity contribution < 1.29 is 14.6 Å². The average molecular weight is 327 g/mol. The van der Waals surface area contributed by atoms with Gasteiger partial charge in [0, 0.05) is 18.5 Å². The molecule has 1 heterocycles. The lowest BCUT2D eigenvalue weighted by Gasteiger charge is -2.24. The summed E-state index contributed by atoms with van der Waals surface area (Å²) >= 11 is 0. The number of fused-ring (bicyclic) bond motifs is 1. The van der Waals surface area contributed by atoms with E-state index in [0.29, 0.717) is 25.5 Å². The van der Waals surface area contributed by atoms with E-state index >= 15 is 0 Å². The molecule has 128 valence electrons. The van der Waals surface area contributed by atoms with Crippen LogP contribution in [-0.2, 0) is 6.54 Å². The second-order valence-electron chi connectivity index (χ2n) is 6.58. The summed E-state index contributed by atoms with van der Waals surface area (Å²) in [7, 11) is 0. The molecule has 3 rings (SSSR count). The highest BCUT2D eigenvalue weighted by atomic mass is 16.5. The molecule has 0 fully saturated rings. The molecule has 0 aromatic heterocycles. The fourth-order valence-corrected chi connectivity index (χ4v) is 2.71. The zero-order valence-electron chi connectivity index (χ0n) is 14.3. The van der Waals surface area contributed by atoms with Crippen LogP contribution >= 0.6 is 0 Å². The minimum Gasteiger partial charge on any atom is -0.493 e. The number of aliphatic hydroxyl groups is 1. The SMILES string of the molecule is CC(C)COc1ccc(CNc2cccc3c2OCCC3O)cc1. The molecular formula is C20H25NO3. The third kappa shape index (κ3) is 4.01. The monoisotopic (exact) mass is 327 g/mol. The van der Waals surface area contributed by atoms with Gasteiger partial charge in [-0.1, -0.05) is 38.1 Å². The standard InChI is InChI=1S/C20H25NO3/c1-14(2)13-24-16-8-6-15(7-9-16)12-21-18-5-3-4-17-19(22)10-11-23-20(17)18/h3-9,14,19,21-22H,10-13H2,1-2H3. The number of rotatable bonds is 6. The second-order valence-corrected chi connectivity index (χ2v) is 6.58. The van der Waals surface area contributed by atoms with E-state index in [1.54, 1.807) is 0 Å². The second kappa shape index (κ2) is 7.58. The quantitative estimate of drug-likeness (QED) is 0.837. The maximum Gasteiger partial charge on any atom is 0.148 e. The van der Waals surface area contributed by atoms with E-state index in [2.05, 4.69) is 31.3 Å². The van der Waals surface area contributed by atoms with Gasteiger partial charge in [0.1, 0.15) is 11.5 Å². The predicted molar refractivity (Wildman–Crippen MR) is 95.6 cm³/mol. The maximum atomic E-state index is 10.1. The van der Waals surface area contributed by atoms with Gasteiger partial charge in [0.15, 0.2) is 0 Å². The van der Waals surface area contributed by atoms with Crippen LogP contribution in [0.4, 0.5) is 5.69 Å². The molecule has 2 N–H and O–H groups in total. The molecule has 4 nitrogen and oxygen atoms in total. The van der Waals surface area contributed by atoms with Crippen molar-refractivity contribution in [2.75, 3.05) is 18.5 Å². The lowest BCUT2D eigenvalue weighted by Crippen LogP contribution is -2.15. The van der Waals surface area contributed by atoms with Crippen LogP contribution in [0.3, 0.4) is 0 Å². The smallest absolute Gasteiger partial charge is 0.148 e. The summed E-state index contributed by atoms with van der Waals surface area (Å²) in [4.78, 5) is 0. The van der Waals surface area contributed by atoms with Crippen molar-refractivity contribution in [3.05, 3.63) is 53.6 Å². The minimum atomic E-state index is -0.437. The molecule has 24 heavy (non-hydrogen) atoms. The topological polar surface area (TPSA) is 50.7 Å². The van der Waals surface area contributed by atoms with Crippen LogP contribution in [0.5, 0.6) is 11.5 Å². The van der Waals surface area contributed by atoms with Gasteiger partial charge < -0.3 is 19.9 Å². The van der Waals surface area contributed by atoms with E-state index in [4.69, 9.17) is 9.47 Å². The number of hydrogen-bond donors (Lipinski definition) is 2. The van der Waals surface area contributed by atoms with Crippen molar-refractivity contribution in [1.29, 1.82) is 0 Å². The first-order valence-corrected chi connectivity index (χ1v) is 8.53. The molecule has 1 atom stereocenters. The molecule has 1 aliphatic heterocycles. The predicted octanol–water partition coefficient (Wildman–Crippen LogP) is 4.15. The number of benzene rings is 2. The van der Waals surface area contributed by atoms with Crippen LogP contribution < -0.4 is 14.8 Å². The van der Waals surface area contributed by atoms with Gasteiger partial charge in [0.2, 0.25) is 0 Å². The first-order valence-electron chi connectivity index (χ1n) is 8.53. The van der Waals surface area contributed by atoms with E-state index in [1.165, 1.54) is 5.56 Å². The normalized spacial score (nSPS) is 16.4. The molecular weight excluding hydrogens is 302 g/mol. The van der Waals surface area contributed by atoms with Gasteiger partial charge in [-0.15, -0.1) is 0 Å². The van der Waals surface area contributed by atoms with Crippen molar-refractivity contribution in [2.45, 2.75) is 32.9 Å². The molecule has 2 aromatic carbocycles. The molecule has 0 bridgehead atoms. The van der Waals surface area contributed by atoms with Gasteiger partial charge in [0.05, 0.1) is 25.0 Å². The minimum absolute atomic E-state index is 0.437. The Hall–Kier alpha value is -2.20. The van der Waals surface area contributed by atoms with E-state index in [-0.39, 0.29) is 0 Å². The molecule has 1 unspecified atom stereocenters. The van der Waals surface area contributed by atoms with Crippen LogP contribution in [0.15, 0.2) is 42.5 Å². The molecule has 0 amide bonds. The Morgan fingerprint density at radius 1 is 1.21 bits per heavy atom. The van der Waals surface area contributed by atoms with Crippen molar-refractivity contribution in [1.82, 2.24) is 0 Å². The largest absolute Gasteiger partial charge is 0.493 e. The fraction of sp³-hybridized carbons (Fsp3) is 0.400. The van der Waals surface area contributed by atoms with Gasteiger partial charge in [-0.3, -0.25) is 0 Å². The van der Waals surface area contributed by atoms with Crippen LogP contribution in [0.1, 0.15) is 37.5 Å². The molecule has 0 saturated heterocycles. The summed E-state index contributed by atoms with van der Waals surface area (Å²) in [6.07, 6.45) is 0.210. The number of hydrogen-bond acceptors (Lipinski definition) is 4. The van der Waals surface area contributed by atoms with E-state index in [9.17, 15) is 5.11 Å². The van der Waals surface area contributed by atoms with Crippen molar-refractivity contribution >= 4 is 5.69 Å². The Kier molecular flexibility index (Phi) is 5.26. The number of aliphatic hydroxyl groups excluding tert-OH is 1. The Balaban J connectivity index is 1.63. The summed E-state index contributed by atoms with van der Waals surface area (Å²) in [5.41, 5.74) is 2.95. The summed E-state index contributed by atoms with van der Waals surface area (Å²) in [6, 6.07) is 14.0. The molecule has 4 heteroatoms. The van der Waals surface area contributed by atoms with E-state index in [0.717, 1.165) is 29.4 Å². The van der Waals surface area contributed by atoms with Gasteiger partial charge in [-0.25, -0.2) is 0 Å². The number of anilines is 1. The highest BCUT2D eigenvalue weighted by Crippen LogP contribution is 2.37. The number of nitrogens with one attached hydrogen (secondary N) is 1. The van der Waals surface area contributed by atoms with Crippen molar-refractivity contribution in [2.24, 2.45) is 5.92 Å². The summed E-state index contributed by atoms with van der Waals surface area (Å²) in [6.45, 7) is 6.25. The van der Waals surface area contributed by atoms with Crippen LogP contribution in [0.25, 0.3) is 0 Å². The van der Waals surface area contributed by atoms with Crippen molar-refractivity contribution in [3.63, 3.8) is 0 Å². The molecule has 0 aliphatic carbocycles. The Bertz CT molecular complexity index is 667. The third-order valence-electron chi connectivity index (χ3n) is 4.03. The summed E-state index contributed by atoms with van der Waals surface area (Å²) in [5.74, 6) is 2.19. The van der Waals surface area contributed by atoms with E-state index in [1.807, 2.05) is 30.3 Å². The highest BCUT2D eigenvalue weighted by Gasteiger charge is 2.21. The molecule has 0 radical (unpaired) electrons. The van der Waals surface area contributed by atoms with Crippen molar-refractivity contribution in [3.8, 4) is 11.5 Å². The first kappa shape index (κ1) is 16.7. The molecule has 0 saturated carbocycles. The lowest BCUT2D eigenvalue weighted by molar-refractivity contribution is 0.116. The van der Waals surface area contributed by atoms with Crippen LogP contribution in [-0.4, -0.2) is 18.3 Å². The maximum absolute atomic E-state index is 10.1. The van der Waals surface area contributed by atoms with Gasteiger partial charge in [-0.2, -0.15) is 0 Å². The molecule has 1 aliphatic rings. The third-order valence-corrected chi connectivity index (χ3v) is 4.03. The van der Waals surface area contributed by atoms with E-state index < -0.39 is 6.10 Å². The van der Waals surface area contributed by atoms with Gasteiger partial charge in [0.25, 0.3) is 0 Å². The molecule has 0 spiro atoms. The zero-order chi connectivity index (χ0) is 16.9. The average Bonchev–Trinajstić information content (AvgIpc) is 2.59. The van der Waals surface area contributed by atoms with Gasteiger partial charge >= 0.3 is 0 Å². The number of para-hydroxylation sites is 1. The fourth-order valence-electron chi connectivity index (χ4n) is 2.71. The van der Waals surface area contributed by atoms with Gasteiger partial charge in [-0.05, 0) is 29.7 Å². The highest BCUT2D eigenvalue weighted by molar-refractivity contribution is 5.61. The Morgan fingerprint density at radius 3 is 2.75 bits per heavy atom. The van der Waals surface area contributed by atoms with Crippen LogP contribution in [0.2, 0.25) is 0 Å². The summed E-state index contributed by atoms with van der Waals surface area (Å²) < 4.78 is 11.4. The Morgan fingerprint density at radius 2 is 2.00 bits per heavy atom. The lowest BCUT2D eigenvalue weighted by atomic mass is 10.0. The number of ether oxygens (including phenoxy) is 2. The zero-order valence-corrected chi connectivity index (χ0v) is 14.3. The first-order chi connectivity index (χ1) is 11.6. The summed E-state index contributed by atoms with van der Waals surface area (Å²) in [5, 5.41) is 13.5.